The standard InChI is InChI=1S/C17H24N2O4/c1-12(2)16(20)23-15-10-19(3)9-14(15)18-17(21)22-11-13-7-5-4-6-8-13/h4-8,12,14-15H,9-11H2,1-3H3,(H,18,21)/t14-,15-/m0/s1. The Morgan fingerprint density at radius 3 is 2.61 bits per heavy atom. The van der Waals surface area contributed by atoms with Gasteiger partial charge in [-0.05, 0) is 12.6 Å². The largest absolute Gasteiger partial charge is 0.459 e. The zero-order valence-corrected chi connectivity index (χ0v) is 13.8. The SMILES string of the molecule is CC(C)C(=O)O[C@H]1CN(C)C[C@@H]1NC(=O)OCc1ccccc1. The average Bonchev–Trinajstić information content (AvgIpc) is 2.85. The fourth-order valence-corrected chi connectivity index (χ4v) is 2.42. The number of likely N-dealkylation sites (N-methyl/N-ethyl adjacent to an activating group) is 1. The normalized spacial score (nSPS) is 21.2. The summed E-state index contributed by atoms with van der Waals surface area (Å²) in [5, 5.41) is 2.79. The van der Waals surface area contributed by atoms with Crippen molar-refractivity contribution in [3.63, 3.8) is 0 Å². The molecule has 1 heterocycles. The third-order valence-electron chi connectivity index (χ3n) is 3.70. The molecule has 0 aromatic heterocycles. The molecule has 1 aromatic carbocycles. The van der Waals surface area contributed by atoms with Crippen LogP contribution in [0.25, 0.3) is 0 Å². The van der Waals surface area contributed by atoms with E-state index in [9.17, 15) is 9.59 Å². The number of hydrogen-bond acceptors (Lipinski definition) is 5. The van der Waals surface area contributed by atoms with Gasteiger partial charge in [0.15, 0.2) is 0 Å². The van der Waals surface area contributed by atoms with Gasteiger partial charge in [-0.1, -0.05) is 44.2 Å². The van der Waals surface area contributed by atoms with Crippen LogP contribution in [0.3, 0.4) is 0 Å². The molecule has 1 aromatic rings. The molecule has 0 spiro atoms. The first-order valence-electron chi connectivity index (χ1n) is 7.82. The first-order chi connectivity index (χ1) is 11.0. The number of ether oxygens (including phenoxy) is 2. The van der Waals surface area contributed by atoms with E-state index in [1.807, 2.05) is 42.3 Å². The lowest BCUT2D eigenvalue weighted by molar-refractivity contribution is -0.153. The zero-order chi connectivity index (χ0) is 16.8. The van der Waals surface area contributed by atoms with Crippen LogP contribution in [0.2, 0.25) is 0 Å². The lowest BCUT2D eigenvalue weighted by Crippen LogP contribution is -2.45. The predicted octanol–water partition coefficient (Wildman–Crippen LogP) is 1.79. The molecule has 126 valence electrons. The number of nitrogens with zero attached hydrogens (tertiary/aromatic N) is 1. The lowest BCUT2D eigenvalue weighted by Gasteiger charge is -2.21. The fraction of sp³-hybridized carbons (Fsp3) is 0.529. The van der Waals surface area contributed by atoms with Crippen molar-refractivity contribution in [1.82, 2.24) is 10.2 Å². The number of alkyl carbamates (subject to hydrolysis) is 1. The minimum absolute atomic E-state index is 0.188. The summed E-state index contributed by atoms with van der Waals surface area (Å²) in [5.74, 6) is -0.443. The summed E-state index contributed by atoms with van der Waals surface area (Å²) in [6.07, 6.45) is -0.848. The Kier molecular flexibility index (Phi) is 5.98. The van der Waals surface area contributed by atoms with E-state index in [0.29, 0.717) is 13.1 Å². The van der Waals surface area contributed by atoms with E-state index < -0.39 is 6.09 Å². The molecule has 0 bridgehead atoms. The number of esters is 1. The van der Waals surface area contributed by atoms with Gasteiger partial charge in [0.2, 0.25) is 0 Å². The minimum Gasteiger partial charge on any atom is -0.459 e. The Labute approximate surface area is 136 Å². The van der Waals surface area contributed by atoms with Gasteiger partial charge in [0.25, 0.3) is 0 Å². The van der Waals surface area contributed by atoms with Gasteiger partial charge in [-0.25, -0.2) is 4.79 Å². The van der Waals surface area contributed by atoms with Crippen LogP contribution >= 0.6 is 0 Å². The monoisotopic (exact) mass is 320 g/mol. The van der Waals surface area contributed by atoms with Gasteiger partial charge in [-0.2, -0.15) is 0 Å². The molecular formula is C17H24N2O4. The smallest absolute Gasteiger partial charge is 0.407 e. The van der Waals surface area contributed by atoms with Crippen LogP contribution in [0.5, 0.6) is 0 Å². The van der Waals surface area contributed by atoms with Crippen LogP contribution in [0.15, 0.2) is 30.3 Å². The number of amides is 1. The molecule has 23 heavy (non-hydrogen) atoms. The molecule has 0 radical (unpaired) electrons. The van der Waals surface area contributed by atoms with Crippen molar-refractivity contribution in [2.45, 2.75) is 32.6 Å². The highest BCUT2D eigenvalue weighted by atomic mass is 16.6. The van der Waals surface area contributed by atoms with E-state index in [4.69, 9.17) is 9.47 Å². The van der Waals surface area contributed by atoms with Gasteiger partial charge in [-0.3, -0.25) is 4.79 Å². The lowest BCUT2D eigenvalue weighted by atomic mass is 10.2. The molecule has 6 nitrogen and oxygen atoms in total. The molecule has 0 unspecified atom stereocenters. The van der Waals surface area contributed by atoms with E-state index in [1.165, 1.54) is 0 Å². The van der Waals surface area contributed by atoms with Crippen molar-refractivity contribution in [3.8, 4) is 0 Å². The number of benzene rings is 1. The Morgan fingerprint density at radius 2 is 1.96 bits per heavy atom. The number of hydrogen-bond donors (Lipinski definition) is 1. The molecule has 1 saturated heterocycles. The topological polar surface area (TPSA) is 67.9 Å². The third kappa shape index (κ3) is 5.25. The summed E-state index contributed by atoms with van der Waals surface area (Å²) in [5.41, 5.74) is 0.925. The first kappa shape index (κ1) is 17.3. The van der Waals surface area contributed by atoms with Crippen LogP contribution in [0.1, 0.15) is 19.4 Å². The highest BCUT2D eigenvalue weighted by molar-refractivity contribution is 5.72. The molecule has 6 heteroatoms. The summed E-state index contributed by atoms with van der Waals surface area (Å²) >= 11 is 0. The molecule has 1 aliphatic rings. The molecule has 1 fully saturated rings. The number of carbonyl (C=O) groups is 2. The van der Waals surface area contributed by atoms with E-state index in [2.05, 4.69) is 5.32 Å². The van der Waals surface area contributed by atoms with E-state index >= 15 is 0 Å². The van der Waals surface area contributed by atoms with Crippen molar-refractivity contribution in [2.75, 3.05) is 20.1 Å². The number of carbonyl (C=O) groups excluding carboxylic acids is 2. The van der Waals surface area contributed by atoms with Gasteiger partial charge in [0.05, 0.1) is 12.0 Å². The maximum Gasteiger partial charge on any atom is 0.407 e. The van der Waals surface area contributed by atoms with Crippen LogP contribution in [-0.4, -0.2) is 49.2 Å². The fourth-order valence-electron chi connectivity index (χ4n) is 2.42. The van der Waals surface area contributed by atoms with Gasteiger partial charge < -0.3 is 19.7 Å². The molecule has 0 aliphatic carbocycles. The number of likely N-dealkylation sites (tertiary alicyclic amines) is 1. The molecule has 2 atom stereocenters. The van der Waals surface area contributed by atoms with Crippen molar-refractivity contribution in [1.29, 1.82) is 0 Å². The van der Waals surface area contributed by atoms with Gasteiger partial charge >= 0.3 is 12.1 Å². The molecule has 2 rings (SSSR count). The second-order valence-corrected chi connectivity index (χ2v) is 6.16. The second-order valence-electron chi connectivity index (χ2n) is 6.16. The van der Waals surface area contributed by atoms with Crippen molar-refractivity contribution in [2.24, 2.45) is 5.92 Å². The first-order valence-corrected chi connectivity index (χ1v) is 7.82. The van der Waals surface area contributed by atoms with Crippen molar-refractivity contribution < 1.29 is 19.1 Å². The molecule has 1 N–H and O–H groups in total. The Hall–Kier alpha value is -2.08. The summed E-state index contributed by atoms with van der Waals surface area (Å²) in [7, 11) is 1.92. The Morgan fingerprint density at radius 1 is 1.26 bits per heavy atom. The van der Waals surface area contributed by atoms with E-state index in [1.54, 1.807) is 13.8 Å². The van der Waals surface area contributed by atoms with Gasteiger partial charge in [0.1, 0.15) is 12.7 Å². The van der Waals surface area contributed by atoms with Crippen LogP contribution in [-0.2, 0) is 20.9 Å². The molecule has 0 saturated carbocycles. The summed E-state index contributed by atoms with van der Waals surface area (Å²) < 4.78 is 10.7. The molecule has 1 aliphatic heterocycles. The number of nitrogens with one attached hydrogen (secondary N) is 1. The Balaban J connectivity index is 1.84. The van der Waals surface area contributed by atoms with Crippen molar-refractivity contribution >= 4 is 12.1 Å². The van der Waals surface area contributed by atoms with E-state index in [0.717, 1.165) is 5.56 Å². The number of rotatable bonds is 5. The minimum atomic E-state index is -0.500. The highest BCUT2D eigenvalue weighted by Gasteiger charge is 2.35. The van der Waals surface area contributed by atoms with Crippen LogP contribution < -0.4 is 5.32 Å². The van der Waals surface area contributed by atoms with Crippen molar-refractivity contribution in [3.05, 3.63) is 35.9 Å². The highest BCUT2D eigenvalue weighted by Crippen LogP contribution is 2.14. The van der Waals surface area contributed by atoms with Gasteiger partial charge in [-0.15, -0.1) is 0 Å². The third-order valence-corrected chi connectivity index (χ3v) is 3.70. The quantitative estimate of drug-likeness (QED) is 0.838. The average molecular weight is 320 g/mol. The summed E-state index contributed by atoms with van der Waals surface area (Å²) in [6.45, 7) is 5.01. The van der Waals surface area contributed by atoms with Crippen LogP contribution in [0, 0.1) is 5.92 Å². The maximum absolute atomic E-state index is 12.0. The molecular weight excluding hydrogens is 296 g/mol. The summed E-state index contributed by atoms with van der Waals surface area (Å²) in [4.78, 5) is 25.7. The maximum atomic E-state index is 12.0. The van der Waals surface area contributed by atoms with E-state index in [-0.39, 0.29) is 30.6 Å². The predicted molar refractivity (Wildman–Crippen MR) is 85.8 cm³/mol. The van der Waals surface area contributed by atoms with Gasteiger partial charge in [0, 0.05) is 13.1 Å². The second kappa shape index (κ2) is 7.97. The Bertz CT molecular complexity index is 533. The zero-order valence-electron chi connectivity index (χ0n) is 13.8. The molecule has 1 amide bonds. The van der Waals surface area contributed by atoms with Crippen LogP contribution in [0.4, 0.5) is 4.79 Å². The summed E-state index contributed by atoms with van der Waals surface area (Å²) in [6, 6.07) is 9.22.